The van der Waals surface area contributed by atoms with Gasteiger partial charge in [0.05, 0.1) is 6.54 Å². The molecule has 1 saturated heterocycles. The van der Waals surface area contributed by atoms with Gasteiger partial charge < -0.3 is 16.0 Å². The average Bonchev–Trinajstić information content (AvgIpc) is 3.06. The largest absolute Gasteiger partial charge is 0.368 e. The lowest BCUT2D eigenvalue weighted by atomic mass is 9.64. The van der Waals surface area contributed by atoms with Crippen molar-refractivity contribution >= 4 is 17.7 Å². The molecule has 3 amide bonds. The van der Waals surface area contributed by atoms with Gasteiger partial charge >= 0.3 is 0 Å². The smallest absolute Gasteiger partial charge is 0.236 e. The minimum Gasteiger partial charge on any atom is -0.368 e. The second-order valence-electron chi connectivity index (χ2n) is 10.6. The highest BCUT2D eigenvalue weighted by Gasteiger charge is 2.50. The number of rotatable bonds is 8. The second kappa shape index (κ2) is 9.22. The number of nitrogens with two attached hydrogens (primary N) is 1. The molecule has 0 atom stereocenters. The van der Waals surface area contributed by atoms with Crippen molar-refractivity contribution in [2.75, 3.05) is 33.7 Å². The number of primary amides is 1. The van der Waals surface area contributed by atoms with E-state index in [-0.39, 0.29) is 29.3 Å². The molecule has 1 aromatic carbocycles. The zero-order valence-corrected chi connectivity index (χ0v) is 19.9. The van der Waals surface area contributed by atoms with Gasteiger partial charge in [-0.2, -0.15) is 0 Å². The van der Waals surface area contributed by atoms with E-state index in [9.17, 15) is 14.4 Å². The van der Waals surface area contributed by atoms with Crippen LogP contribution in [-0.2, 0) is 19.9 Å². The first kappa shape index (κ1) is 24.2. The van der Waals surface area contributed by atoms with Gasteiger partial charge in [0, 0.05) is 30.5 Å². The number of hydrogen-bond donors (Lipinski definition) is 2. The Morgan fingerprint density at radius 3 is 2.31 bits per heavy atom. The van der Waals surface area contributed by atoms with Crippen LogP contribution in [0.4, 0.5) is 0 Å². The number of likely N-dealkylation sites (tertiary alicyclic amines) is 1. The lowest BCUT2D eigenvalue weighted by Gasteiger charge is -2.49. The van der Waals surface area contributed by atoms with Gasteiger partial charge in [-0.15, -0.1) is 0 Å². The molecular weight excluding hydrogens is 404 g/mol. The summed E-state index contributed by atoms with van der Waals surface area (Å²) < 4.78 is 0. The van der Waals surface area contributed by atoms with E-state index in [1.807, 2.05) is 18.7 Å². The van der Waals surface area contributed by atoms with Crippen LogP contribution in [0.15, 0.2) is 30.3 Å². The van der Waals surface area contributed by atoms with Crippen LogP contribution >= 0.6 is 0 Å². The molecule has 32 heavy (non-hydrogen) atoms. The normalized spacial score (nSPS) is 26.0. The third kappa shape index (κ3) is 4.98. The number of benzene rings is 1. The molecule has 1 spiro atoms. The van der Waals surface area contributed by atoms with E-state index in [1.165, 1.54) is 5.56 Å². The van der Waals surface area contributed by atoms with E-state index < -0.39 is 11.3 Å². The van der Waals surface area contributed by atoms with Crippen LogP contribution in [0.2, 0.25) is 0 Å². The molecular formula is C25H38N4O3. The summed E-state index contributed by atoms with van der Waals surface area (Å²) in [5, 5.41) is 2.58. The molecule has 0 aromatic heterocycles. The van der Waals surface area contributed by atoms with Crippen LogP contribution in [0.5, 0.6) is 0 Å². The quantitative estimate of drug-likeness (QED) is 0.645. The lowest BCUT2D eigenvalue weighted by Crippen LogP contribution is -2.47. The SMILES string of the molecule is CN(C)[C@]1(c2ccccc2)CC[C@@]2(CC1)CC(=O)N(CCC(C)(C)C(=O)NCC(N)=O)C2. The predicted octanol–water partition coefficient (Wildman–Crippen LogP) is 2.25. The number of hydrogen-bond acceptors (Lipinski definition) is 4. The van der Waals surface area contributed by atoms with Gasteiger partial charge in [0.25, 0.3) is 0 Å². The fourth-order valence-corrected chi connectivity index (χ4v) is 5.39. The number of nitrogens with zero attached hydrogens (tertiary/aromatic N) is 2. The number of carbonyl (C=O) groups is 3. The molecule has 2 aliphatic rings. The molecule has 1 aromatic rings. The Bertz CT molecular complexity index is 842. The van der Waals surface area contributed by atoms with Crippen molar-refractivity contribution in [2.24, 2.45) is 16.6 Å². The highest BCUT2D eigenvalue weighted by Crippen LogP contribution is 2.52. The Balaban J connectivity index is 1.61. The summed E-state index contributed by atoms with van der Waals surface area (Å²) in [6.45, 7) is 4.83. The maximum Gasteiger partial charge on any atom is 0.236 e. The average molecular weight is 443 g/mol. The highest BCUT2D eigenvalue weighted by molar-refractivity contribution is 5.87. The molecule has 1 aliphatic heterocycles. The van der Waals surface area contributed by atoms with Crippen molar-refractivity contribution in [3.05, 3.63) is 35.9 Å². The van der Waals surface area contributed by atoms with Crippen molar-refractivity contribution in [3.8, 4) is 0 Å². The summed E-state index contributed by atoms with van der Waals surface area (Å²) in [5.41, 5.74) is 5.85. The highest BCUT2D eigenvalue weighted by atomic mass is 16.2. The fraction of sp³-hybridized carbons (Fsp3) is 0.640. The monoisotopic (exact) mass is 442 g/mol. The van der Waals surface area contributed by atoms with Gasteiger partial charge in [0.15, 0.2) is 0 Å². The molecule has 176 valence electrons. The molecule has 0 bridgehead atoms. The standard InChI is InChI=1S/C25H38N4O3/c1-23(2,22(32)27-17-20(26)30)14-15-29-18-24(16-21(29)31)10-12-25(13-11-24,28(3)4)19-8-6-5-7-9-19/h5-9H,10-18H2,1-4H3,(H2,26,30)(H,27,32)/t24-,25-. The molecule has 0 unspecified atom stereocenters. The van der Waals surface area contributed by atoms with E-state index in [4.69, 9.17) is 5.73 Å². The molecule has 1 saturated carbocycles. The van der Waals surface area contributed by atoms with E-state index in [2.05, 4.69) is 54.6 Å². The molecule has 1 aliphatic carbocycles. The Morgan fingerprint density at radius 1 is 1.12 bits per heavy atom. The van der Waals surface area contributed by atoms with Crippen molar-refractivity contribution in [2.45, 2.75) is 57.9 Å². The Kier molecular flexibility index (Phi) is 6.98. The Hall–Kier alpha value is -2.41. The maximum atomic E-state index is 12.9. The molecule has 0 radical (unpaired) electrons. The lowest BCUT2D eigenvalue weighted by molar-refractivity contribution is -0.133. The van der Waals surface area contributed by atoms with Crippen molar-refractivity contribution in [3.63, 3.8) is 0 Å². The topological polar surface area (TPSA) is 95.7 Å². The van der Waals surface area contributed by atoms with Gasteiger partial charge in [-0.1, -0.05) is 44.2 Å². The first-order valence-corrected chi connectivity index (χ1v) is 11.6. The van der Waals surface area contributed by atoms with E-state index in [1.54, 1.807) is 0 Å². The van der Waals surface area contributed by atoms with Gasteiger partial charge in [0.2, 0.25) is 17.7 Å². The van der Waals surface area contributed by atoms with Crippen LogP contribution in [0.3, 0.4) is 0 Å². The Morgan fingerprint density at radius 2 is 1.75 bits per heavy atom. The van der Waals surface area contributed by atoms with Crippen molar-refractivity contribution in [1.82, 2.24) is 15.1 Å². The molecule has 3 rings (SSSR count). The third-order valence-electron chi connectivity index (χ3n) is 7.75. The first-order chi connectivity index (χ1) is 15.0. The maximum absolute atomic E-state index is 12.9. The van der Waals surface area contributed by atoms with E-state index in [0.717, 1.165) is 32.2 Å². The molecule has 7 heteroatoms. The van der Waals surface area contributed by atoms with Crippen LogP contribution in [-0.4, -0.2) is 61.3 Å². The Labute approximate surface area is 191 Å². The summed E-state index contributed by atoms with van der Waals surface area (Å²) in [6, 6.07) is 10.7. The van der Waals surface area contributed by atoms with Crippen LogP contribution in [0.1, 0.15) is 57.9 Å². The minimum atomic E-state index is -0.675. The predicted molar refractivity (Wildman–Crippen MR) is 125 cm³/mol. The van der Waals surface area contributed by atoms with Gasteiger partial charge in [-0.05, 0) is 57.2 Å². The van der Waals surface area contributed by atoms with Gasteiger partial charge in [-0.25, -0.2) is 0 Å². The minimum absolute atomic E-state index is 0.0173. The molecule has 1 heterocycles. The van der Waals surface area contributed by atoms with Crippen LogP contribution < -0.4 is 11.1 Å². The zero-order valence-electron chi connectivity index (χ0n) is 19.9. The summed E-state index contributed by atoms with van der Waals surface area (Å²) in [6.07, 6.45) is 5.25. The van der Waals surface area contributed by atoms with Gasteiger partial charge in [0.1, 0.15) is 0 Å². The summed E-state index contributed by atoms with van der Waals surface area (Å²) in [5.74, 6) is -0.586. The van der Waals surface area contributed by atoms with Crippen molar-refractivity contribution in [1.29, 1.82) is 0 Å². The number of nitrogens with one attached hydrogen (secondary N) is 1. The molecule has 2 fully saturated rings. The second-order valence-corrected chi connectivity index (χ2v) is 10.6. The summed E-state index contributed by atoms with van der Waals surface area (Å²) in [4.78, 5) is 40.5. The third-order valence-corrected chi connectivity index (χ3v) is 7.75. The zero-order chi connectivity index (χ0) is 23.6. The fourth-order valence-electron chi connectivity index (χ4n) is 5.39. The first-order valence-electron chi connectivity index (χ1n) is 11.6. The number of carbonyl (C=O) groups excluding carboxylic acids is 3. The van der Waals surface area contributed by atoms with E-state index >= 15 is 0 Å². The molecule has 3 N–H and O–H groups in total. The van der Waals surface area contributed by atoms with Crippen molar-refractivity contribution < 1.29 is 14.4 Å². The van der Waals surface area contributed by atoms with Crippen LogP contribution in [0, 0.1) is 10.8 Å². The summed E-state index contributed by atoms with van der Waals surface area (Å²) in [7, 11) is 4.31. The summed E-state index contributed by atoms with van der Waals surface area (Å²) >= 11 is 0. The van der Waals surface area contributed by atoms with Gasteiger partial charge in [-0.3, -0.25) is 19.3 Å². The van der Waals surface area contributed by atoms with Crippen LogP contribution in [0.25, 0.3) is 0 Å². The number of amides is 3. The van der Waals surface area contributed by atoms with E-state index in [0.29, 0.717) is 19.4 Å². The molecule has 7 nitrogen and oxygen atoms in total.